The lowest BCUT2D eigenvalue weighted by atomic mass is 9.97. The molecule has 21 heavy (non-hydrogen) atoms. The maximum atomic E-state index is 12.1. The molecule has 0 saturated carbocycles. The normalized spacial score (nSPS) is 18.5. The Kier molecular flexibility index (Phi) is 4.78. The van der Waals surface area contributed by atoms with Gasteiger partial charge in [0, 0.05) is 6.42 Å². The second-order valence-corrected chi connectivity index (χ2v) is 5.60. The van der Waals surface area contributed by atoms with Crippen LogP contribution in [0.4, 0.5) is 0 Å². The summed E-state index contributed by atoms with van der Waals surface area (Å²) in [5.41, 5.74) is 2.58. The Morgan fingerprint density at radius 3 is 2.76 bits per heavy atom. The predicted molar refractivity (Wildman–Crippen MR) is 80.9 cm³/mol. The first-order valence-electron chi connectivity index (χ1n) is 7.24. The molecular weight excluding hydrogens is 266 g/mol. The van der Waals surface area contributed by atoms with Gasteiger partial charge in [-0.15, -0.1) is 0 Å². The topological polar surface area (TPSA) is 66.4 Å². The third-order valence-corrected chi connectivity index (χ3v) is 4.07. The molecule has 1 aromatic carbocycles. The maximum Gasteiger partial charge on any atom is 0.330 e. The van der Waals surface area contributed by atoms with E-state index in [1.807, 2.05) is 32.1 Å². The molecule has 0 heterocycles. The average Bonchev–Trinajstić information content (AvgIpc) is 2.92. The molecule has 4 heteroatoms. The van der Waals surface area contributed by atoms with Crippen LogP contribution in [0.2, 0.25) is 0 Å². The molecule has 0 aromatic heterocycles. The number of benzene rings is 1. The summed E-state index contributed by atoms with van der Waals surface area (Å²) in [6, 6.07) is 4.53. The van der Waals surface area contributed by atoms with Gasteiger partial charge in [0.15, 0.2) is 6.04 Å². The Bertz CT molecular complexity index is 577. The van der Waals surface area contributed by atoms with Crippen molar-refractivity contribution in [2.24, 2.45) is 5.92 Å². The van der Waals surface area contributed by atoms with Crippen molar-refractivity contribution in [2.45, 2.75) is 39.2 Å². The lowest BCUT2D eigenvalue weighted by Gasteiger charge is -2.19. The predicted octanol–water partition coefficient (Wildman–Crippen LogP) is 2.90. The van der Waals surface area contributed by atoms with Crippen LogP contribution in [0.5, 0.6) is 0 Å². The van der Waals surface area contributed by atoms with E-state index >= 15 is 0 Å². The number of nitrogens with one attached hydrogen (secondary N) is 1. The molecule has 1 aliphatic carbocycles. The zero-order valence-corrected chi connectivity index (χ0v) is 12.4. The Labute approximate surface area is 124 Å². The summed E-state index contributed by atoms with van der Waals surface area (Å²) in [6.45, 7) is 3.81. The van der Waals surface area contributed by atoms with Crippen molar-refractivity contribution in [1.82, 2.24) is 5.32 Å². The van der Waals surface area contributed by atoms with Gasteiger partial charge in [-0.2, -0.15) is 0 Å². The zero-order valence-electron chi connectivity index (χ0n) is 12.4. The van der Waals surface area contributed by atoms with Gasteiger partial charge < -0.3 is 10.4 Å². The quantitative estimate of drug-likeness (QED) is 0.818. The molecule has 1 aromatic rings. The molecule has 2 N–H and O–H groups in total. The summed E-state index contributed by atoms with van der Waals surface area (Å²) in [7, 11) is 0. The number of aliphatic carboxylic acids is 1. The van der Waals surface area contributed by atoms with Crippen LogP contribution in [-0.2, 0) is 9.59 Å². The fourth-order valence-corrected chi connectivity index (χ4v) is 2.68. The Hall–Kier alpha value is -2.10. The first-order chi connectivity index (χ1) is 9.99. The van der Waals surface area contributed by atoms with E-state index in [1.54, 1.807) is 6.07 Å². The van der Waals surface area contributed by atoms with Crippen LogP contribution in [0.25, 0.3) is 0 Å². The lowest BCUT2D eigenvalue weighted by molar-refractivity contribution is -0.142. The van der Waals surface area contributed by atoms with Crippen LogP contribution in [-0.4, -0.2) is 17.0 Å². The number of hydrogen-bond donors (Lipinski definition) is 2. The summed E-state index contributed by atoms with van der Waals surface area (Å²) in [6.07, 6.45) is 6.42. The largest absolute Gasteiger partial charge is 0.479 e. The number of carbonyl (C=O) groups excluding carboxylic acids is 1. The Morgan fingerprint density at radius 1 is 1.38 bits per heavy atom. The van der Waals surface area contributed by atoms with Crippen molar-refractivity contribution >= 4 is 11.9 Å². The fraction of sp³-hybridized carbons (Fsp3) is 0.412. The molecule has 1 aliphatic rings. The summed E-state index contributed by atoms with van der Waals surface area (Å²) in [4.78, 5) is 23.6. The summed E-state index contributed by atoms with van der Waals surface area (Å²) < 4.78 is 0. The van der Waals surface area contributed by atoms with E-state index < -0.39 is 12.0 Å². The highest BCUT2D eigenvalue weighted by Gasteiger charge is 2.25. The number of aryl methyl sites for hydroxylation is 1. The van der Waals surface area contributed by atoms with E-state index in [4.69, 9.17) is 0 Å². The van der Waals surface area contributed by atoms with Gasteiger partial charge in [0.2, 0.25) is 5.91 Å². The second-order valence-electron chi connectivity index (χ2n) is 5.60. The van der Waals surface area contributed by atoms with Gasteiger partial charge in [0.25, 0.3) is 0 Å². The van der Waals surface area contributed by atoms with Crippen molar-refractivity contribution < 1.29 is 14.7 Å². The van der Waals surface area contributed by atoms with Gasteiger partial charge in [-0.3, -0.25) is 4.79 Å². The number of carbonyl (C=O) groups is 2. The standard InChI is InChI=1S/C17H21NO3/c1-11-6-5-9-14(12(11)2)16(17(20)21)18-15(19)10-13-7-3-4-8-13/h3,5-7,9,13,16H,4,8,10H2,1-2H3,(H,18,19)(H,20,21). The first-order valence-corrected chi connectivity index (χ1v) is 7.24. The molecule has 0 aliphatic heterocycles. The molecule has 0 bridgehead atoms. The van der Waals surface area contributed by atoms with Crippen molar-refractivity contribution in [1.29, 1.82) is 0 Å². The van der Waals surface area contributed by atoms with Crippen LogP contribution in [0.15, 0.2) is 30.4 Å². The Morgan fingerprint density at radius 2 is 2.14 bits per heavy atom. The summed E-state index contributed by atoms with van der Waals surface area (Å²) in [5.74, 6) is -1.00. The smallest absolute Gasteiger partial charge is 0.330 e. The molecule has 2 atom stereocenters. The number of allylic oxidation sites excluding steroid dienone is 2. The molecule has 0 spiro atoms. The number of amides is 1. The molecule has 1 amide bonds. The molecule has 4 nitrogen and oxygen atoms in total. The highest BCUT2D eigenvalue weighted by Crippen LogP contribution is 2.23. The molecule has 112 valence electrons. The minimum absolute atomic E-state index is 0.208. The molecule has 0 radical (unpaired) electrons. The minimum Gasteiger partial charge on any atom is -0.479 e. The number of hydrogen-bond acceptors (Lipinski definition) is 2. The number of carboxylic acid groups (broad SMARTS) is 1. The molecular formula is C17H21NO3. The second kappa shape index (κ2) is 6.57. The van der Waals surface area contributed by atoms with Crippen molar-refractivity contribution in [3.8, 4) is 0 Å². The average molecular weight is 287 g/mol. The van der Waals surface area contributed by atoms with E-state index in [0.29, 0.717) is 12.0 Å². The monoisotopic (exact) mass is 287 g/mol. The molecule has 2 unspecified atom stereocenters. The molecule has 0 fully saturated rings. The van der Waals surface area contributed by atoms with Crippen molar-refractivity contribution in [2.75, 3.05) is 0 Å². The third-order valence-electron chi connectivity index (χ3n) is 4.07. The van der Waals surface area contributed by atoms with Crippen LogP contribution in [0.3, 0.4) is 0 Å². The Balaban J connectivity index is 2.12. The SMILES string of the molecule is Cc1cccc(C(NC(=O)CC2C=CCC2)C(=O)O)c1C. The van der Waals surface area contributed by atoms with Crippen molar-refractivity contribution in [3.05, 3.63) is 47.0 Å². The van der Waals surface area contributed by atoms with Gasteiger partial charge in [0.05, 0.1) is 0 Å². The van der Waals surface area contributed by atoms with E-state index in [-0.39, 0.29) is 11.8 Å². The van der Waals surface area contributed by atoms with E-state index in [0.717, 1.165) is 24.0 Å². The summed E-state index contributed by atoms with van der Waals surface area (Å²) >= 11 is 0. The highest BCUT2D eigenvalue weighted by atomic mass is 16.4. The third kappa shape index (κ3) is 3.72. The van der Waals surface area contributed by atoms with Crippen molar-refractivity contribution in [3.63, 3.8) is 0 Å². The first kappa shape index (κ1) is 15.3. The van der Waals surface area contributed by atoms with Gasteiger partial charge in [-0.25, -0.2) is 4.79 Å². The molecule has 0 saturated heterocycles. The van der Waals surface area contributed by atoms with Gasteiger partial charge in [-0.1, -0.05) is 30.4 Å². The van der Waals surface area contributed by atoms with Crippen LogP contribution in [0.1, 0.15) is 42.0 Å². The van der Waals surface area contributed by atoms with E-state index in [1.165, 1.54) is 0 Å². The highest BCUT2D eigenvalue weighted by molar-refractivity contribution is 5.85. The maximum absolute atomic E-state index is 12.1. The number of carboxylic acids is 1. The fourth-order valence-electron chi connectivity index (χ4n) is 2.68. The van der Waals surface area contributed by atoms with Crippen LogP contribution in [0, 0.1) is 19.8 Å². The van der Waals surface area contributed by atoms with Gasteiger partial charge in [0.1, 0.15) is 0 Å². The van der Waals surface area contributed by atoms with Gasteiger partial charge >= 0.3 is 5.97 Å². The minimum atomic E-state index is -1.03. The van der Waals surface area contributed by atoms with Crippen LogP contribution >= 0.6 is 0 Å². The number of rotatable bonds is 5. The van der Waals surface area contributed by atoms with E-state index in [2.05, 4.69) is 11.4 Å². The zero-order chi connectivity index (χ0) is 15.4. The lowest BCUT2D eigenvalue weighted by Crippen LogP contribution is -2.35. The molecule has 2 rings (SSSR count). The summed E-state index contributed by atoms with van der Waals surface area (Å²) in [5, 5.41) is 12.1. The van der Waals surface area contributed by atoms with Gasteiger partial charge in [-0.05, 0) is 49.3 Å². The van der Waals surface area contributed by atoms with Crippen LogP contribution < -0.4 is 5.32 Å². The van der Waals surface area contributed by atoms with E-state index in [9.17, 15) is 14.7 Å².